The van der Waals surface area contributed by atoms with E-state index in [1.54, 1.807) is 12.3 Å². The molecule has 1 saturated heterocycles. The third-order valence-electron chi connectivity index (χ3n) is 4.66. The number of nitrogens with two attached hydrogens (primary N) is 1. The lowest BCUT2D eigenvalue weighted by molar-refractivity contribution is 0.303. The van der Waals surface area contributed by atoms with Gasteiger partial charge in [-0.25, -0.2) is 4.98 Å². The van der Waals surface area contributed by atoms with Gasteiger partial charge in [-0.3, -0.25) is 5.41 Å². The number of nitrogen functional groups attached to an aromatic ring is 1. The Morgan fingerprint density at radius 3 is 2.73 bits per heavy atom. The highest BCUT2D eigenvalue weighted by molar-refractivity contribution is 7.91. The van der Waals surface area contributed by atoms with Crippen LogP contribution in [0.2, 0.25) is 0 Å². The third kappa shape index (κ3) is 3.78. The van der Waals surface area contributed by atoms with E-state index in [9.17, 15) is 4.55 Å². The van der Waals surface area contributed by atoms with E-state index in [-0.39, 0.29) is 0 Å². The van der Waals surface area contributed by atoms with Crippen LogP contribution in [0.1, 0.15) is 24.0 Å². The van der Waals surface area contributed by atoms with Crippen molar-refractivity contribution in [1.29, 1.82) is 5.41 Å². The summed E-state index contributed by atoms with van der Waals surface area (Å²) in [5, 5.41) is 8.62. The van der Waals surface area contributed by atoms with Crippen LogP contribution < -0.4 is 15.4 Å². The molecule has 2 heterocycles. The Balaban J connectivity index is 1.57. The number of nitrogens with one attached hydrogen (secondary N) is 1. The van der Waals surface area contributed by atoms with Crippen LogP contribution in [0.3, 0.4) is 0 Å². The predicted octanol–water partition coefficient (Wildman–Crippen LogP) is 2.19. The van der Waals surface area contributed by atoms with Gasteiger partial charge in [-0.15, -0.1) is 0 Å². The van der Waals surface area contributed by atoms with Crippen molar-refractivity contribution in [3.05, 3.63) is 47.7 Å². The standard InChI is InChI=1S/C19H22N4O2S/c20-17-4-3-15(25-14-1-2-14)12-16(17)19(21)13-5-6-22-18(11-13)23-7-9-26(24)10-8-23/h3-6,11-12,14,21H,1-2,7-10,20H2. The number of hydrogen-bond donors (Lipinski definition) is 2. The van der Waals surface area contributed by atoms with Crippen molar-refractivity contribution in [2.45, 2.75) is 18.9 Å². The van der Waals surface area contributed by atoms with Crippen molar-refractivity contribution in [2.24, 2.45) is 0 Å². The van der Waals surface area contributed by atoms with Crippen molar-refractivity contribution < 1.29 is 9.29 Å². The number of aromatic nitrogens is 1. The van der Waals surface area contributed by atoms with Crippen molar-refractivity contribution >= 4 is 28.4 Å². The first-order valence-corrected chi connectivity index (χ1v) is 10.3. The summed E-state index contributed by atoms with van der Waals surface area (Å²) in [6.45, 7) is 1.45. The van der Waals surface area contributed by atoms with Crippen LogP contribution in [0.5, 0.6) is 5.75 Å². The highest BCUT2D eigenvalue weighted by Gasteiger charge is 2.24. The van der Waals surface area contributed by atoms with E-state index in [0.29, 0.717) is 34.6 Å². The predicted molar refractivity (Wildman–Crippen MR) is 105 cm³/mol. The molecular weight excluding hydrogens is 348 g/mol. The summed E-state index contributed by atoms with van der Waals surface area (Å²) in [7, 11) is 0. The van der Waals surface area contributed by atoms with Gasteiger partial charge >= 0.3 is 0 Å². The Hall–Kier alpha value is -2.25. The average Bonchev–Trinajstić information content (AvgIpc) is 3.47. The Bertz CT molecular complexity index is 817. The quantitative estimate of drug-likeness (QED) is 0.478. The van der Waals surface area contributed by atoms with Gasteiger partial charge in [0.25, 0.3) is 0 Å². The number of nitrogens with zero attached hydrogens (tertiary/aromatic N) is 2. The van der Waals surface area contributed by atoms with Crippen molar-refractivity contribution in [1.82, 2.24) is 4.98 Å². The van der Waals surface area contributed by atoms with Crippen LogP contribution in [0, 0.1) is 5.41 Å². The minimum absolute atomic E-state index is 0.304. The molecule has 26 heavy (non-hydrogen) atoms. The van der Waals surface area contributed by atoms with Crippen molar-refractivity contribution in [3.8, 4) is 5.75 Å². The van der Waals surface area contributed by atoms with Gasteiger partial charge in [0.1, 0.15) is 23.1 Å². The second kappa shape index (κ2) is 7.17. The summed E-state index contributed by atoms with van der Waals surface area (Å²) in [6.07, 6.45) is 4.19. The zero-order chi connectivity index (χ0) is 18.1. The van der Waals surface area contributed by atoms with Gasteiger partial charge in [-0.1, -0.05) is 11.2 Å². The molecule has 1 aromatic heterocycles. The van der Waals surface area contributed by atoms with E-state index >= 15 is 0 Å². The highest BCUT2D eigenvalue weighted by Crippen LogP contribution is 2.30. The summed E-state index contributed by atoms with van der Waals surface area (Å²) in [4.78, 5) is 6.55. The molecule has 7 heteroatoms. The van der Waals surface area contributed by atoms with Gasteiger partial charge in [-0.05, 0) is 43.2 Å². The fourth-order valence-electron chi connectivity index (χ4n) is 2.97. The smallest absolute Gasteiger partial charge is 0.129 e. The molecule has 2 aliphatic rings. The maximum absolute atomic E-state index is 11.6. The fourth-order valence-corrected chi connectivity index (χ4v) is 4.03. The Morgan fingerprint density at radius 1 is 1.23 bits per heavy atom. The van der Waals surface area contributed by atoms with Gasteiger partial charge in [0.05, 0.1) is 24.9 Å². The van der Waals surface area contributed by atoms with Gasteiger partial charge in [0.2, 0.25) is 0 Å². The molecule has 4 rings (SSSR count). The van der Waals surface area contributed by atoms with Crippen LogP contribution in [-0.4, -0.2) is 45.9 Å². The van der Waals surface area contributed by atoms with Crippen LogP contribution in [0.15, 0.2) is 36.5 Å². The first-order valence-electron chi connectivity index (χ1n) is 8.81. The summed E-state index contributed by atoms with van der Waals surface area (Å²) < 4.78 is 17.4. The van der Waals surface area contributed by atoms with Crippen LogP contribution >= 0.6 is 0 Å². The van der Waals surface area contributed by atoms with Gasteiger partial charge in [-0.2, -0.15) is 0 Å². The monoisotopic (exact) mass is 370 g/mol. The van der Waals surface area contributed by atoms with Gasteiger partial charge < -0.3 is 19.9 Å². The third-order valence-corrected chi connectivity index (χ3v) is 5.93. The Kier molecular flexibility index (Phi) is 4.74. The highest BCUT2D eigenvalue weighted by atomic mass is 32.2. The Labute approximate surface area is 156 Å². The summed E-state index contributed by atoms with van der Waals surface area (Å²) >= 11 is -0.726. The molecule has 1 aliphatic carbocycles. The first-order chi connectivity index (χ1) is 12.6. The van der Waals surface area contributed by atoms with Crippen LogP contribution in [0.25, 0.3) is 0 Å². The number of ether oxygens (including phenoxy) is 1. The summed E-state index contributed by atoms with van der Waals surface area (Å²) in [5.41, 5.74) is 8.46. The lowest BCUT2D eigenvalue weighted by atomic mass is 10.0. The second-order valence-electron chi connectivity index (χ2n) is 6.68. The van der Waals surface area contributed by atoms with Gasteiger partial charge in [0.15, 0.2) is 0 Å². The molecule has 136 valence electrons. The largest absolute Gasteiger partial charge is 0.616 e. The molecule has 0 amide bonds. The molecule has 3 N–H and O–H groups in total. The summed E-state index contributed by atoms with van der Waals surface area (Å²) in [6, 6.07) is 9.23. The first kappa shape index (κ1) is 17.2. The number of benzene rings is 1. The fraction of sp³-hybridized carbons (Fsp3) is 0.368. The topological polar surface area (TPSA) is 98.3 Å². The molecule has 0 radical (unpaired) electrons. The molecule has 0 unspecified atom stereocenters. The molecule has 0 atom stereocenters. The average molecular weight is 370 g/mol. The van der Waals surface area contributed by atoms with E-state index in [1.807, 2.05) is 24.3 Å². The van der Waals surface area contributed by atoms with Crippen LogP contribution in [0.4, 0.5) is 11.5 Å². The van der Waals surface area contributed by atoms with E-state index in [0.717, 1.165) is 43.1 Å². The molecule has 0 spiro atoms. The molecule has 6 nitrogen and oxygen atoms in total. The number of hydrogen-bond acceptors (Lipinski definition) is 6. The molecule has 2 fully saturated rings. The molecule has 2 aromatic rings. The van der Waals surface area contributed by atoms with E-state index in [1.165, 1.54) is 0 Å². The van der Waals surface area contributed by atoms with Crippen LogP contribution in [-0.2, 0) is 11.2 Å². The molecule has 1 aliphatic heterocycles. The summed E-state index contributed by atoms with van der Waals surface area (Å²) in [5.74, 6) is 2.90. The minimum Gasteiger partial charge on any atom is -0.616 e. The lowest BCUT2D eigenvalue weighted by Gasteiger charge is -2.29. The lowest BCUT2D eigenvalue weighted by Crippen LogP contribution is -2.40. The minimum atomic E-state index is -0.726. The van der Waals surface area contributed by atoms with E-state index < -0.39 is 11.2 Å². The van der Waals surface area contributed by atoms with Gasteiger partial charge in [0, 0.05) is 23.0 Å². The number of anilines is 2. The molecule has 0 bridgehead atoms. The normalized spacial score (nSPS) is 18.0. The number of pyridine rings is 1. The second-order valence-corrected chi connectivity index (χ2v) is 8.38. The van der Waals surface area contributed by atoms with E-state index in [4.69, 9.17) is 15.9 Å². The molecule has 1 saturated carbocycles. The van der Waals surface area contributed by atoms with Crippen molar-refractivity contribution in [3.63, 3.8) is 0 Å². The van der Waals surface area contributed by atoms with E-state index in [2.05, 4.69) is 9.88 Å². The zero-order valence-electron chi connectivity index (χ0n) is 14.5. The Morgan fingerprint density at radius 2 is 2.00 bits per heavy atom. The molecule has 1 aromatic carbocycles. The zero-order valence-corrected chi connectivity index (χ0v) is 15.3. The SMILES string of the molecule is N=C(c1ccnc(N2CC[S+]([O-])CC2)c1)c1cc(OC2CC2)ccc1N. The van der Waals surface area contributed by atoms with Crippen molar-refractivity contribution in [2.75, 3.05) is 35.2 Å². The maximum Gasteiger partial charge on any atom is 0.129 e. The maximum atomic E-state index is 11.6. The number of rotatable bonds is 5. The molecular formula is C19H22N4O2S.